The van der Waals surface area contributed by atoms with Crippen LogP contribution in [0.1, 0.15) is 23.1 Å². The number of Topliss-reactive ketones (excluding diaryl/α,β-unsaturated/α-hetero) is 1. The minimum atomic E-state index is -1.13. The molecule has 3 N–H and O–H groups in total. The smallest absolute Gasteiger partial charge is 0.307 e. The molecule has 2 unspecified atom stereocenters. The predicted molar refractivity (Wildman–Crippen MR) is 93.7 cm³/mol. The van der Waals surface area contributed by atoms with Gasteiger partial charge in [0.15, 0.2) is 5.78 Å². The standard InChI is InChI=1S/C20H21F2NO3/c1-12-2-3-14(9-17(12)22)8-15(20(25)26)11-19(24)18(23)10-13-4-6-16(21)7-5-13/h2-7,9,15,18H,8,10-11,23H2,1H3,(H,25,26). The number of aliphatic carboxylic acids is 1. The summed E-state index contributed by atoms with van der Waals surface area (Å²) in [5, 5.41) is 9.38. The van der Waals surface area contributed by atoms with Gasteiger partial charge in [-0.25, -0.2) is 8.78 Å². The summed E-state index contributed by atoms with van der Waals surface area (Å²) in [5.41, 5.74) is 7.56. The van der Waals surface area contributed by atoms with Gasteiger partial charge in [0.25, 0.3) is 0 Å². The molecule has 0 aliphatic heterocycles. The number of aryl methyl sites for hydroxylation is 1. The predicted octanol–water partition coefficient (Wildman–Crippen LogP) is 3.05. The third-order valence-electron chi connectivity index (χ3n) is 4.30. The fourth-order valence-corrected chi connectivity index (χ4v) is 2.68. The van der Waals surface area contributed by atoms with Gasteiger partial charge in [0.1, 0.15) is 11.6 Å². The van der Waals surface area contributed by atoms with Crippen LogP contribution in [0, 0.1) is 24.5 Å². The number of carbonyl (C=O) groups is 2. The van der Waals surface area contributed by atoms with Gasteiger partial charge in [-0.3, -0.25) is 9.59 Å². The lowest BCUT2D eigenvalue weighted by Crippen LogP contribution is -2.35. The molecule has 0 aliphatic rings. The third-order valence-corrected chi connectivity index (χ3v) is 4.30. The van der Waals surface area contributed by atoms with Crippen molar-refractivity contribution >= 4 is 11.8 Å². The monoisotopic (exact) mass is 361 g/mol. The molecule has 2 atom stereocenters. The maximum Gasteiger partial charge on any atom is 0.307 e. The lowest BCUT2D eigenvalue weighted by Gasteiger charge is -2.16. The SMILES string of the molecule is Cc1ccc(CC(CC(=O)C(N)Cc2ccc(F)cc2)C(=O)O)cc1F. The van der Waals surface area contributed by atoms with Gasteiger partial charge in [0, 0.05) is 6.42 Å². The van der Waals surface area contributed by atoms with Crippen molar-refractivity contribution in [3.63, 3.8) is 0 Å². The van der Waals surface area contributed by atoms with Crippen LogP contribution in [0.4, 0.5) is 8.78 Å². The Kier molecular flexibility index (Phi) is 6.58. The van der Waals surface area contributed by atoms with Crippen LogP contribution in [-0.2, 0) is 22.4 Å². The Morgan fingerprint density at radius 2 is 1.65 bits per heavy atom. The van der Waals surface area contributed by atoms with E-state index in [1.165, 1.54) is 30.3 Å². The van der Waals surface area contributed by atoms with Crippen LogP contribution in [-0.4, -0.2) is 22.9 Å². The quantitative estimate of drug-likeness (QED) is 0.757. The van der Waals surface area contributed by atoms with E-state index in [0.717, 1.165) is 0 Å². The number of carboxylic acid groups (broad SMARTS) is 1. The first-order valence-corrected chi connectivity index (χ1v) is 8.27. The average Bonchev–Trinajstić information content (AvgIpc) is 2.59. The molecule has 0 heterocycles. The summed E-state index contributed by atoms with van der Waals surface area (Å²) in [5.74, 6) is -3.30. The lowest BCUT2D eigenvalue weighted by atomic mass is 9.90. The fraction of sp³-hybridized carbons (Fsp3) is 0.300. The first kappa shape index (κ1) is 19.7. The van der Waals surface area contributed by atoms with Crippen molar-refractivity contribution < 1.29 is 23.5 Å². The van der Waals surface area contributed by atoms with Gasteiger partial charge in [-0.1, -0.05) is 24.3 Å². The number of carbonyl (C=O) groups excluding carboxylic acids is 1. The Labute approximate surface area is 150 Å². The topological polar surface area (TPSA) is 80.4 Å². The maximum absolute atomic E-state index is 13.6. The van der Waals surface area contributed by atoms with Crippen molar-refractivity contribution in [1.82, 2.24) is 0 Å². The molecule has 138 valence electrons. The Morgan fingerprint density at radius 3 is 2.23 bits per heavy atom. The summed E-state index contributed by atoms with van der Waals surface area (Å²) >= 11 is 0. The number of benzene rings is 2. The summed E-state index contributed by atoms with van der Waals surface area (Å²) in [6.07, 6.45) is -0.000651. The summed E-state index contributed by atoms with van der Waals surface area (Å²) in [6.45, 7) is 1.62. The third kappa shape index (κ3) is 5.46. The number of hydrogen-bond acceptors (Lipinski definition) is 3. The molecule has 2 aromatic carbocycles. The average molecular weight is 361 g/mol. The molecule has 0 saturated carbocycles. The summed E-state index contributed by atoms with van der Waals surface area (Å²) < 4.78 is 26.5. The zero-order valence-corrected chi connectivity index (χ0v) is 14.4. The molecule has 0 fully saturated rings. The second kappa shape index (κ2) is 8.67. The second-order valence-electron chi connectivity index (χ2n) is 6.43. The normalized spacial score (nSPS) is 13.2. The summed E-state index contributed by atoms with van der Waals surface area (Å²) in [6, 6.07) is 9.25. The second-order valence-corrected chi connectivity index (χ2v) is 6.43. The number of halogens is 2. The summed E-state index contributed by atoms with van der Waals surface area (Å²) in [4.78, 5) is 23.8. The molecule has 0 aliphatic carbocycles. The number of ketones is 1. The van der Waals surface area contributed by atoms with E-state index in [1.54, 1.807) is 19.1 Å². The summed E-state index contributed by atoms with van der Waals surface area (Å²) in [7, 11) is 0. The molecule has 0 bridgehead atoms. The van der Waals surface area contributed by atoms with E-state index < -0.39 is 29.5 Å². The van der Waals surface area contributed by atoms with Gasteiger partial charge in [-0.2, -0.15) is 0 Å². The van der Waals surface area contributed by atoms with Gasteiger partial charge in [-0.15, -0.1) is 0 Å². The maximum atomic E-state index is 13.6. The van der Waals surface area contributed by atoms with Gasteiger partial charge in [-0.05, 0) is 54.7 Å². The first-order chi connectivity index (χ1) is 12.3. The van der Waals surface area contributed by atoms with Crippen LogP contribution in [0.3, 0.4) is 0 Å². The molecular weight excluding hydrogens is 340 g/mol. The molecule has 0 aromatic heterocycles. The number of rotatable bonds is 8. The number of hydrogen-bond donors (Lipinski definition) is 2. The zero-order chi connectivity index (χ0) is 19.3. The van der Waals surface area contributed by atoms with Crippen LogP contribution in [0.15, 0.2) is 42.5 Å². The van der Waals surface area contributed by atoms with Crippen LogP contribution in [0.5, 0.6) is 0 Å². The van der Waals surface area contributed by atoms with Crippen molar-refractivity contribution in [3.05, 3.63) is 70.8 Å². The van der Waals surface area contributed by atoms with E-state index in [2.05, 4.69) is 0 Å². The molecular formula is C20H21F2NO3. The molecule has 2 aromatic rings. The highest BCUT2D eigenvalue weighted by molar-refractivity contribution is 5.88. The van der Waals surface area contributed by atoms with Gasteiger partial charge >= 0.3 is 5.97 Å². The largest absolute Gasteiger partial charge is 0.481 e. The number of nitrogens with two attached hydrogens (primary N) is 1. The highest BCUT2D eigenvalue weighted by Crippen LogP contribution is 2.18. The van der Waals surface area contributed by atoms with Crippen molar-refractivity contribution in [2.75, 3.05) is 0 Å². The van der Waals surface area contributed by atoms with Crippen molar-refractivity contribution in [2.45, 2.75) is 32.2 Å². The minimum absolute atomic E-state index is 0.0432. The van der Waals surface area contributed by atoms with Gasteiger partial charge < -0.3 is 10.8 Å². The molecule has 26 heavy (non-hydrogen) atoms. The van der Waals surface area contributed by atoms with Crippen LogP contribution >= 0.6 is 0 Å². The van der Waals surface area contributed by atoms with Crippen LogP contribution in [0.2, 0.25) is 0 Å². The van der Waals surface area contributed by atoms with Gasteiger partial charge in [0.2, 0.25) is 0 Å². The van der Waals surface area contributed by atoms with Crippen molar-refractivity contribution in [1.29, 1.82) is 0 Å². The van der Waals surface area contributed by atoms with E-state index in [1.807, 2.05) is 0 Å². The van der Waals surface area contributed by atoms with Crippen LogP contribution in [0.25, 0.3) is 0 Å². The molecule has 0 saturated heterocycles. The highest BCUT2D eigenvalue weighted by Gasteiger charge is 2.25. The van der Waals surface area contributed by atoms with E-state index in [4.69, 9.17) is 5.73 Å². The number of carboxylic acids is 1. The molecule has 2 rings (SSSR count). The van der Waals surface area contributed by atoms with Crippen LogP contribution < -0.4 is 5.73 Å². The molecule has 0 spiro atoms. The molecule has 6 heteroatoms. The van der Waals surface area contributed by atoms with Crippen molar-refractivity contribution in [2.24, 2.45) is 11.7 Å². The first-order valence-electron chi connectivity index (χ1n) is 8.27. The molecule has 4 nitrogen and oxygen atoms in total. The molecule has 0 amide bonds. The molecule has 0 radical (unpaired) electrons. The zero-order valence-electron chi connectivity index (χ0n) is 14.4. The Balaban J connectivity index is 2.01. The fourth-order valence-electron chi connectivity index (χ4n) is 2.68. The Hall–Kier alpha value is -2.60. The lowest BCUT2D eigenvalue weighted by molar-refractivity contribution is -0.143. The van der Waals surface area contributed by atoms with E-state index in [-0.39, 0.29) is 25.1 Å². The highest BCUT2D eigenvalue weighted by atomic mass is 19.1. The van der Waals surface area contributed by atoms with Gasteiger partial charge in [0.05, 0.1) is 12.0 Å². The van der Waals surface area contributed by atoms with Crippen molar-refractivity contribution in [3.8, 4) is 0 Å². The van der Waals surface area contributed by atoms with E-state index in [9.17, 15) is 23.5 Å². The Bertz CT molecular complexity index is 790. The van der Waals surface area contributed by atoms with E-state index in [0.29, 0.717) is 16.7 Å². The van der Waals surface area contributed by atoms with E-state index >= 15 is 0 Å². The minimum Gasteiger partial charge on any atom is -0.481 e. The Morgan fingerprint density at radius 1 is 1.04 bits per heavy atom.